The number of fused-ring (bicyclic) bond motifs is 1. The summed E-state index contributed by atoms with van der Waals surface area (Å²) in [7, 11) is 1.87. The summed E-state index contributed by atoms with van der Waals surface area (Å²) in [5, 5.41) is 18.5. The van der Waals surface area contributed by atoms with Crippen molar-refractivity contribution in [3.8, 4) is 17.2 Å². The maximum Gasteiger partial charge on any atom is 0.416 e. The highest BCUT2D eigenvalue weighted by Gasteiger charge is 2.30. The SMILES string of the molecule is Cc1cc(Oc2ccc3nc(COc4ccc(CC(Nc5ccccc5C(=O)c5ccccc5)C(=O)O)cc4)n(C)c3c2)cc(C)c1NC(=O)Nc1ccc(C(F)(F)F)cc1. The third-order valence-electron chi connectivity index (χ3n) is 9.96. The Hall–Kier alpha value is -7.61. The van der Waals surface area contributed by atoms with Gasteiger partial charge in [-0.05, 0) is 103 Å². The number of carbonyl (C=O) groups excluding carboxylic acids is 2. The Morgan fingerprint density at radius 2 is 1.43 bits per heavy atom. The number of para-hydroxylation sites is 1. The fraction of sp³-hybridized carbons (Fsp3) is 0.149. The molecule has 0 fully saturated rings. The van der Waals surface area contributed by atoms with Crippen LogP contribution < -0.4 is 25.4 Å². The van der Waals surface area contributed by atoms with Crippen molar-refractivity contribution in [2.24, 2.45) is 7.05 Å². The number of carboxylic acid groups (broad SMARTS) is 1. The molecule has 0 saturated carbocycles. The molecule has 7 rings (SSSR count). The standard InChI is InChI=1S/C47H40F3N5O6/c1-28-23-36(24-29(2)43(28)54-46(59)51-33-17-15-32(16-18-33)47(48,49)50)61-35-21-22-39-41(26-35)55(3)42(53-39)27-60-34-19-13-30(14-20-34)25-40(45(57)58)52-38-12-8-7-11-37(38)44(56)31-9-5-4-6-10-31/h4-24,26,40,52H,25,27H2,1-3H3,(H,57,58)(H2,51,54,59). The number of rotatable bonds is 14. The normalized spacial score (nSPS) is 11.8. The smallest absolute Gasteiger partial charge is 0.416 e. The highest BCUT2D eigenvalue weighted by atomic mass is 19.4. The highest BCUT2D eigenvalue weighted by Crippen LogP contribution is 2.33. The largest absolute Gasteiger partial charge is 0.486 e. The van der Waals surface area contributed by atoms with Gasteiger partial charge >= 0.3 is 18.2 Å². The summed E-state index contributed by atoms with van der Waals surface area (Å²) in [5.74, 6) is 1.05. The lowest BCUT2D eigenvalue weighted by Crippen LogP contribution is -2.32. The minimum atomic E-state index is -4.47. The zero-order chi connectivity index (χ0) is 43.3. The molecule has 310 valence electrons. The average Bonchev–Trinajstić information content (AvgIpc) is 3.55. The van der Waals surface area contributed by atoms with Crippen LogP contribution in [0.2, 0.25) is 0 Å². The number of benzene rings is 6. The van der Waals surface area contributed by atoms with Crippen LogP contribution in [0.25, 0.3) is 11.0 Å². The van der Waals surface area contributed by atoms with Gasteiger partial charge in [-0.3, -0.25) is 4.79 Å². The molecule has 1 atom stereocenters. The summed E-state index contributed by atoms with van der Waals surface area (Å²) in [5.41, 5.74) is 4.98. The molecule has 1 aromatic heterocycles. The van der Waals surface area contributed by atoms with Gasteiger partial charge in [-0.25, -0.2) is 14.6 Å². The maximum absolute atomic E-state index is 13.2. The molecular formula is C47H40F3N5O6. The molecule has 61 heavy (non-hydrogen) atoms. The number of nitrogens with zero attached hydrogens (tertiary/aromatic N) is 2. The molecule has 0 saturated heterocycles. The molecular weight excluding hydrogens is 788 g/mol. The van der Waals surface area contributed by atoms with Gasteiger partial charge < -0.3 is 35.1 Å². The van der Waals surface area contributed by atoms with Gasteiger partial charge in [-0.2, -0.15) is 13.2 Å². The van der Waals surface area contributed by atoms with E-state index in [4.69, 9.17) is 14.5 Å². The summed E-state index contributed by atoms with van der Waals surface area (Å²) < 4.78 is 52.9. The van der Waals surface area contributed by atoms with E-state index in [0.717, 1.165) is 28.7 Å². The number of carboxylic acids is 1. The monoisotopic (exact) mass is 827 g/mol. The Bertz CT molecular complexity index is 2690. The maximum atomic E-state index is 13.2. The van der Waals surface area contributed by atoms with Crippen molar-refractivity contribution in [3.63, 3.8) is 0 Å². The number of amides is 2. The topological polar surface area (TPSA) is 144 Å². The number of aromatic nitrogens is 2. The second-order valence-electron chi connectivity index (χ2n) is 14.3. The Morgan fingerprint density at radius 3 is 2.10 bits per heavy atom. The van der Waals surface area contributed by atoms with Crippen LogP contribution in [0.15, 0.2) is 133 Å². The first-order valence-corrected chi connectivity index (χ1v) is 19.1. The molecule has 7 aromatic rings. The van der Waals surface area contributed by atoms with Gasteiger partial charge in [0.05, 0.1) is 16.6 Å². The predicted molar refractivity (Wildman–Crippen MR) is 227 cm³/mol. The molecule has 2 amide bonds. The van der Waals surface area contributed by atoms with Crippen LogP contribution in [-0.4, -0.2) is 38.5 Å². The van der Waals surface area contributed by atoms with Crippen molar-refractivity contribution in [2.75, 3.05) is 16.0 Å². The van der Waals surface area contributed by atoms with Crippen LogP contribution >= 0.6 is 0 Å². The number of hydrogen-bond donors (Lipinski definition) is 4. The van der Waals surface area contributed by atoms with Crippen LogP contribution in [-0.2, 0) is 31.0 Å². The van der Waals surface area contributed by atoms with E-state index in [2.05, 4.69) is 16.0 Å². The zero-order valence-electron chi connectivity index (χ0n) is 33.2. The molecule has 1 unspecified atom stereocenters. The van der Waals surface area contributed by atoms with Crippen molar-refractivity contribution in [1.82, 2.24) is 9.55 Å². The number of anilines is 3. The first-order chi connectivity index (χ1) is 29.2. The summed E-state index contributed by atoms with van der Waals surface area (Å²) in [4.78, 5) is 42.9. The molecule has 1 heterocycles. The summed E-state index contributed by atoms with van der Waals surface area (Å²) in [6, 6.07) is 34.5. The molecule has 0 bridgehead atoms. The van der Waals surface area contributed by atoms with Crippen LogP contribution in [0.5, 0.6) is 17.2 Å². The first-order valence-electron chi connectivity index (χ1n) is 19.1. The van der Waals surface area contributed by atoms with E-state index < -0.39 is 29.8 Å². The lowest BCUT2D eigenvalue weighted by atomic mass is 10.00. The van der Waals surface area contributed by atoms with Crippen molar-refractivity contribution < 1.29 is 42.1 Å². The third kappa shape index (κ3) is 9.99. The number of halogens is 3. The van der Waals surface area contributed by atoms with Crippen molar-refractivity contribution in [3.05, 3.63) is 173 Å². The Labute approximate surface area is 348 Å². The van der Waals surface area contributed by atoms with E-state index in [0.29, 0.717) is 56.7 Å². The third-order valence-corrected chi connectivity index (χ3v) is 9.96. The van der Waals surface area contributed by atoms with Crippen LogP contribution in [0.3, 0.4) is 0 Å². The van der Waals surface area contributed by atoms with Crippen molar-refractivity contribution in [1.29, 1.82) is 0 Å². The minimum absolute atomic E-state index is 0.157. The predicted octanol–water partition coefficient (Wildman–Crippen LogP) is 10.6. The minimum Gasteiger partial charge on any atom is -0.486 e. The van der Waals surface area contributed by atoms with Gasteiger partial charge in [0.1, 0.15) is 35.7 Å². The number of ketones is 1. The van der Waals surface area contributed by atoms with Gasteiger partial charge in [0.2, 0.25) is 0 Å². The van der Waals surface area contributed by atoms with Gasteiger partial charge in [-0.1, -0.05) is 54.6 Å². The van der Waals surface area contributed by atoms with Crippen molar-refractivity contribution in [2.45, 2.75) is 39.1 Å². The Morgan fingerprint density at radius 1 is 0.770 bits per heavy atom. The number of urea groups is 1. The second-order valence-corrected chi connectivity index (χ2v) is 14.3. The van der Waals surface area contributed by atoms with Gasteiger partial charge in [0.25, 0.3) is 0 Å². The van der Waals surface area contributed by atoms with E-state index in [1.807, 2.05) is 29.8 Å². The van der Waals surface area contributed by atoms with Gasteiger partial charge in [0.15, 0.2) is 5.78 Å². The van der Waals surface area contributed by atoms with E-state index in [1.165, 1.54) is 12.1 Å². The van der Waals surface area contributed by atoms with E-state index >= 15 is 0 Å². The Balaban J connectivity index is 0.955. The van der Waals surface area contributed by atoms with Gasteiger partial charge in [0, 0.05) is 47.7 Å². The summed E-state index contributed by atoms with van der Waals surface area (Å²) in [6.07, 6.45) is -4.31. The lowest BCUT2D eigenvalue weighted by molar-refractivity contribution is -0.138. The number of hydrogen-bond acceptors (Lipinski definition) is 7. The molecule has 0 spiro atoms. The number of aryl methyl sites for hydroxylation is 3. The Kier molecular flexibility index (Phi) is 12.1. The van der Waals surface area contributed by atoms with E-state index in [1.54, 1.807) is 105 Å². The second kappa shape index (κ2) is 17.7. The molecule has 0 aliphatic rings. The molecule has 0 aliphatic carbocycles. The number of aliphatic carboxylic acids is 1. The summed E-state index contributed by atoms with van der Waals surface area (Å²) >= 11 is 0. The van der Waals surface area contributed by atoms with Crippen LogP contribution in [0.4, 0.5) is 35.0 Å². The molecule has 0 aliphatic heterocycles. The molecule has 14 heteroatoms. The molecule has 4 N–H and O–H groups in total. The quantitative estimate of drug-likeness (QED) is 0.0794. The summed E-state index contributed by atoms with van der Waals surface area (Å²) in [6.45, 7) is 3.77. The number of imidazole rings is 1. The highest BCUT2D eigenvalue weighted by molar-refractivity contribution is 6.12. The molecule has 6 aromatic carbocycles. The fourth-order valence-corrected chi connectivity index (χ4v) is 6.79. The van der Waals surface area contributed by atoms with E-state index in [9.17, 15) is 32.7 Å². The van der Waals surface area contributed by atoms with E-state index in [-0.39, 0.29) is 24.5 Å². The zero-order valence-corrected chi connectivity index (χ0v) is 33.2. The van der Waals surface area contributed by atoms with Crippen molar-refractivity contribution >= 4 is 45.9 Å². The lowest BCUT2D eigenvalue weighted by Gasteiger charge is -2.18. The fourth-order valence-electron chi connectivity index (χ4n) is 6.79. The number of carbonyl (C=O) groups is 3. The van der Waals surface area contributed by atoms with Gasteiger partial charge in [-0.15, -0.1) is 0 Å². The number of alkyl halides is 3. The molecule has 11 nitrogen and oxygen atoms in total. The first kappa shape index (κ1) is 41.5. The average molecular weight is 828 g/mol. The number of nitrogens with one attached hydrogen (secondary N) is 3. The van der Waals surface area contributed by atoms with Crippen LogP contribution in [0.1, 0.15) is 44.0 Å². The van der Waals surface area contributed by atoms with Crippen LogP contribution in [0, 0.1) is 13.8 Å². The number of ether oxygens (including phenoxy) is 2. The molecule has 0 radical (unpaired) electrons.